The molecule has 6 nitrogen and oxygen atoms in total. The molecular weight excluding hydrogens is 408 g/mol. The average molecular weight is 429 g/mol. The number of nitrogens with one attached hydrogen (secondary N) is 2. The van der Waals surface area contributed by atoms with E-state index in [-0.39, 0.29) is 10.7 Å². The first-order valence-electron chi connectivity index (χ1n) is 9.53. The van der Waals surface area contributed by atoms with Crippen molar-refractivity contribution < 1.29 is 13.6 Å². The second kappa shape index (κ2) is 8.37. The highest BCUT2D eigenvalue weighted by atomic mass is 32.1. The van der Waals surface area contributed by atoms with Crippen molar-refractivity contribution in [2.45, 2.75) is 13.0 Å². The summed E-state index contributed by atoms with van der Waals surface area (Å²) in [6.07, 6.45) is 0. The van der Waals surface area contributed by atoms with Crippen LogP contribution in [0.2, 0.25) is 0 Å². The number of carbonyl (C=O) groups is 1. The summed E-state index contributed by atoms with van der Waals surface area (Å²) in [5.41, 5.74) is 7.11. The van der Waals surface area contributed by atoms with Crippen LogP contribution < -0.4 is 21.3 Å². The van der Waals surface area contributed by atoms with Gasteiger partial charge in [-0.25, -0.2) is 13.8 Å². The molecule has 0 unspecified atom stereocenters. The molecule has 0 amide bonds. The second-order valence-corrected chi connectivity index (χ2v) is 8.13. The van der Waals surface area contributed by atoms with Crippen LogP contribution in [0.5, 0.6) is 0 Å². The van der Waals surface area contributed by atoms with Crippen LogP contribution in [0.25, 0.3) is 0 Å². The number of piperazine rings is 1. The number of thiazole rings is 1. The van der Waals surface area contributed by atoms with Gasteiger partial charge in [-0.1, -0.05) is 17.4 Å². The highest BCUT2D eigenvalue weighted by Crippen LogP contribution is 2.31. The van der Waals surface area contributed by atoms with Gasteiger partial charge in [0.2, 0.25) is 5.78 Å². The molecule has 4 rings (SSSR count). The van der Waals surface area contributed by atoms with E-state index >= 15 is 0 Å². The summed E-state index contributed by atoms with van der Waals surface area (Å²) in [6.45, 7) is 4.98. The number of nitrogens with zero attached hydrogens (tertiary/aromatic N) is 2. The van der Waals surface area contributed by atoms with E-state index in [4.69, 9.17) is 5.73 Å². The minimum atomic E-state index is -0.930. The van der Waals surface area contributed by atoms with Crippen molar-refractivity contribution in [3.63, 3.8) is 0 Å². The molecule has 1 saturated heterocycles. The minimum Gasteiger partial charge on any atom is -0.382 e. The number of anilines is 4. The van der Waals surface area contributed by atoms with E-state index in [1.54, 1.807) is 0 Å². The van der Waals surface area contributed by atoms with E-state index in [2.05, 4.69) is 27.4 Å². The van der Waals surface area contributed by atoms with Gasteiger partial charge in [-0.15, -0.1) is 0 Å². The van der Waals surface area contributed by atoms with Gasteiger partial charge in [0.25, 0.3) is 0 Å². The number of benzene rings is 2. The Labute approximate surface area is 176 Å². The summed E-state index contributed by atoms with van der Waals surface area (Å²) in [6, 6.07) is 11.6. The molecule has 0 bridgehead atoms. The number of aromatic nitrogens is 1. The molecule has 1 atom stereocenters. The number of nitrogens with two attached hydrogens (primary N) is 1. The Balaban J connectivity index is 1.50. The molecule has 2 heterocycles. The zero-order valence-corrected chi connectivity index (χ0v) is 17.1. The van der Waals surface area contributed by atoms with Gasteiger partial charge in [0.05, 0.1) is 5.56 Å². The molecule has 3 aromatic rings. The lowest BCUT2D eigenvalue weighted by molar-refractivity contribution is 0.103. The Morgan fingerprint density at radius 1 is 1.23 bits per heavy atom. The molecule has 0 spiro atoms. The average Bonchev–Trinajstić information content (AvgIpc) is 3.08. The van der Waals surface area contributed by atoms with E-state index < -0.39 is 23.0 Å². The molecule has 1 fully saturated rings. The molecule has 1 aliphatic rings. The van der Waals surface area contributed by atoms with E-state index in [9.17, 15) is 13.6 Å². The fraction of sp³-hybridized carbons (Fsp3) is 0.238. The van der Waals surface area contributed by atoms with E-state index in [1.165, 1.54) is 6.07 Å². The third-order valence-corrected chi connectivity index (χ3v) is 5.89. The van der Waals surface area contributed by atoms with Crippen LogP contribution in [-0.2, 0) is 0 Å². The zero-order valence-electron chi connectivity index (χ0n) is 16.3. The quantitative estimate of drug-likeness (QED) is 0.536. The van der Waals surface area contributed by atoms with Crippen molar-refractivity contribution in [1.29, 1.82) is 0 Å². The van der Waals surface area contributed by atoms with Crippen LogP contribution in [0, 0.1) is 11.6 Å². The lowest BCUT2D eigenvalue weighted by Gasteiger charge is -2.33. The fourth-order valence-electron chi connectivity index (χ4n) is 3.42. The summed E-state index contributed by atoms with van der Waals surface area (Å²) in [4.78, 5) is 19.0. The van der Waals surface area contributed by atoms with E-state index in [0.29, 0.717) is 11.2 Å². The highest BCUT2D eigenvalue weighted by molar-refractivity contribution is 7.18. The summed E-state index contributed by atoms with van der Waals surface area (Å²) < 4.78 is 27.9. The standard InChI is InChI=1S/C21H21F2N5OS/c1-12-11-28(10-9-25-12)14-7-5-13(6-8-14)26-21-27-20(24)19(30-21)18(29)17-15(22)3-2-4-16(17)23/h2-8,12,25H,9-11,24H2,1H3,(H,26,27)/t12-/m0/s1. The van der Waals surface area contributed by atoms with Gasteiger partial charge in [0.15, 0.2) is 5.13 Å². The topological polar surface area (TPSA) is 83.3 Å². The van der Waals surface area contributed by atoms with Crippen LogP contribution in [0.1, 0.15) is 22.2 Å². The lowest BCUT2D eigenvalue weighted by atomic mass is 10.1. The normalized spacial score (nSPS) is 16.5. The first-order chi connectivity index (χ1) is 14.4. The predicted octanol–water partition coefficient (Wildman–Crippen LogP) is 3.78. The van der Waals surface area contributed by atoms with Crippen molar-refractivity contribution >= 4 is 39.4 Å². The van der Waals surface area contributed by atoms with E-state index in [1.807, 2.05) is 24.3 Å². The van der Waals surface area contributed by atoms with Crippen molar-refractivity contribution in [1.82, 2.24) is 10.3 Å². The number of hydrogen-bond donors (Lipinski definition) is 3. The Bertz CT molecular complexity index is 1050. The van der Waals surface area contributed by atoms with Crippen molar-refractivity contribution in [3.8, 4) is 0 Å². The molecule has 0 aliphatic carbocycles. The molecule has 1 aliphatic heterocycles. The van der Waals surface area contributed by atoms with Crippen molar-refractivity contribution in [2.75, 3.05) is 35.6 Å². The van der Waals surface area contributed by atoms with Gasteiger partial charge in [-0.3, -0.25) is 4.79 Å². The lowest BCUT2D eigenvalue weighted by Crippen LogP contribution is -2.49. The predicted molar refractivity (Wildman–Crippen MR) is 116 cm³/mol. The molecule has 0 saturated carbocycles. The summed E-state index contributed by atoms with van der Waals surface area (Å²) in [5, 5.41) is 6.88. The monoisotopic (exact) mass is 429 g/mol. The van der Waals surface area contributed by atoms with Gasteiger partial charge in [0.1, 0.15) is 22.3 Å². The number of hydrogen-bond acceptors (Lipinski definition) is 7. The summed E-state index contributed by atoms with van der Waals surface area (Å²) >= 11 is 0.958. The number of halogens is 2. The molecule has 4 N–H and O–H groups in total. The van der Waals surface area contributed by atoms with Gasteiger partial charge < -0.3 is 21.3 Å². The van der Waals surface area contributed by atoms with Crippen LogP contribution in [0.4, 0.5) is 31.1 Å². The number of ketones is 1. The van der Waals surface area contributed by atoms with Gasteiger partial charge in [0, 0.05) is 37.1 Å². The van der Waals surface area contributed by atoms with Crippen LogP contribution in [-0.4, -0.2) is 36.4 Å². The Kier molecular flexibility index (Phi) is 5.65. The van der Waals surface area contributed by atoms with Gasteiger partial charge in [-0.05, 0) is 43.3 Å². The largest absolute Gasteiger partial charge is 0.382 e. The summed E-state index contributed by atoms with van der Waals surface area (Å²) in [5.74, 6) is -2.75. The molecule has 2 aromatic carbocycles. The molecular formula is C21H21F2N5OS. The molecule has 9 heteroatoms. The molecule has 1 aromatic heterocycles. The fourth-order valence-corrected chi connectivity index (χ4v) is 4.27. The maximum absolute atomic E-state index is 13.9. The maximum atomic E-state index is 13.9. The SMILES string of the molecule is C[C@H]1CN(c2ccc(Nc3nc(N)c(C(=O)c4c(F)cccc4F)s3)cc2)CCN1. The third-order valence-electron chi connectivity index (χ3n) is 4.90. The van der Waals surface area contributed by atoms with Crippen LogP contribution in [0.3, 0.4) is 0 Å². The Morgan fingerprint density at radius 3 is 2.60 bits per heavy atom. The Hall–Kier alpha value is -3.04. The third kappa shape index (κ3) is 4.12. The Morgan fingerprint density at radius 2 is 1.93 bits per heavy atom. The van der Waals surface area contributed by atoms with Crippen LogP contribution >= 0.6 is 11.3 Å². The van der Waals surface area contributed by atoms with Gasteiger partial charge in [-0.2, -0.15) is 0 Å². The van der Waals surface area contributed by atoms with Crippen LogP contribution in [0.15, 0.2) is 42.5 Å². The number of carbonyl (C=O) groups excluding carboxylic acids is 1. The minimum absolute atomic E-state index is 0.00655. The molecule has 156 valence electrons. The molecule has 0 radical (unpaired) electrons. The second-order valence-electron chi connectivity index (χ2n) is 7.13. The zero-order chi connectivity index (χ0) is 21.3. The smallest absolute Gasteiger partial charge is 0.212 e. The maximum Gasteiger partial charge on any atom is 0.212 e. The van der Waals surface area contributed by atoms with Gasteiger partial charge >= 0.3 is 0 Å². The van der Waals surface area contributed by atoms with E-state index in [0.717, 1.165) is 54.5 Å². The first kappa shape index (κ1) is 20.2. The van der Waals surface area contributed by atoms with Crippen molar-refractivity contribution in [2.24, 2.45) is 0 Å². The molecule has 30 heavy (non-hydrogen) atoms. The summed E-state index contributed by atoms with van der Waals surface area (Å²) in [7, 11) is 0. The number of nitrogen functional groups attached to an aromatic ring is 1. The highest BCUT2D eigenvalue weighted by Gasteiger charge is 2.24. The number of rotatable bonds is 5. The van der Waals surface area contributed by atoms with Crippen molar-refractivity contribution in [3.05, 3.63) is 64.5 Å². The first-order valence-corrected chi connectivity index (χ1v) is 10.3.